The number of nitriles is 1. The normalized spacial score (nSPS) is 12.5. The van der Waals surface area contributed by atoms with Gasteiger partial charge in [-0.25, -0.2) is 4.98 Å². The fourth-order valence-corrected chi connectivity index (χ4v) is 1.22. The van der Waals surface area contributed by atoms with Crippen LogP contribution in [0.15, 0.2) is 15.9 Å². The molecular formula is C7H8N2OS. The van der Waals surface area contributed by atoms with Crippen LogP contribution < -0.4 is 0 Å². The molecule has 0 aliphatic carbocycles. The fourth-order valence-electron chi connectivity index (χ4n) is 0.564. The second-order valence-corrected chi connectivity index (χ2v) is 3.44. The number of thioether (sulfide) groups is 1. The summed E-state index contributed by atoms with van der Waals surface area (Å²) in [5, 5.41) is 8.93. The Morgan fingerprint density at radius 3 is 3.00 bits per heavy atom. The molecule has 1 atom stereocenters. The first-order valence-corrected chi connectivity index (χ1v) is 4.08. The lowest BCUT2D eigenvalue weighted by molar-refractivity contribution is 0.453. The molecule has 0 aromatic carbocycles. The molecule has 0 amide bonds. The van der Waals surface area contributed by atoms with Crippen LogP contribution in [-0.4, -0.2) is 10.2 Å². The smallest absolute Gasteiger partial charge is 0.257 e. The third-order valence-electron chi connectivity index (χ3n) is 1.06. The Balaban J connectivity index is 2.59. The molecule has 11 heavy (non-hydrogen) atoms. The van der Waals surface area contributed by atoms with Crippen LogP contribution in [0, 0.1) is 18.3 Å². The predicted octanol–water partition coefficient (Wildman–Crippen LogP) is 1.99. The maximum atomic E-state index is 8.46. The van der Waals surface area contributed by atoms with E-state index >= 15 is 0 Å². The Morgan fingerprint density at radius 2 is 2.55 bits per heavy atom. The summed E-state index contributed by atoms with van der Waals surface area (Å²) < 4.78 is 5.04. The molecule has 0 bridgehead atoms. The first-order valence-electron chi connectivity index (χ1n) is 3.21. The second-order valence-electron chi connectivity index (χ2n) is 2.14. The highest BCUT2D eigenvalue weighted by Gasteiger charge is 2.06. The summed E-state index contributed by atoms with van der Waals surface area (Å²) in [6.45, 7) is 3.66. The Labute approximate surface area is 69.4 Å². The minimum Gasteiger partial charge on any atom is -0.440 e. The van der Waals surface area contributed by atoms with E-state index < -0.39 is 0 Å². The van der Waals surface area contributed by atoms with E-state index in [0.29, 0.717) is 5.22 Å². The molecule has 0 aliphatic heterocycles. The van der Waals surface area contributed by atoms with Crippen molar-refractivity contribution in [2.75, 3.05) is 0 Å². The van der Waals surface area contributed by atoms with Gasteiger partial charge in [0.25, 0.3) is 5.22 Å². The van der Waals surface area contributed by atoms with Crippen molar-refractivity contribution in [3.05, 3.63) is 12.0 Å². The first kappa shape index (κ1) is 8.15. The maximum Gasteiger partial charge on any atom is 0.257 e. The average Bonchev–Trinajstić information content (AvgIpc) is 2.35. The molecule has 4 heteroatoms. The van der Waals surface area contributed by atoms with E-state index in [4.69, 9.17) is 9.68 Å². The molecule has 0 fully saturated rings. The molecule has 1 unspecified atom stereocenters. The molecule has 1 aromatic heterocycles. The van der Waals surface area contributed by atoms with Gasteiger partial charge in [0.05, 0.1) is 17.0 Å². The van der Waals surface area contributed by atoms with Gasteiger partial charge < -0.3 is 4.42 Å². The van der Waals surface area contributed by atoms with Crippen molar-refractivity contribution in [3.63, 3.8) is 0 Å². The highest BCUT2D eigenvalue weighted by molar-refractivity contribution is 7.99. The Bertz CT molecular complexity index is 276. The van der Waals surface area contributed by atoms with Gasteiger partial charge >= 0.3 is 0 Å². The Morgan fingerprint density at radius 1 is 1.82 bits per heavy atom. The lowest BCUT2D eigenvalue weighted by atomic mass is 10.5. The number of hydrogen-bond acceptors (Lipinski definition) is 4. The molecule has 1 rings (SSSR count). The highest BCUT2D eigenvalue weighted by atomic mass is 32.2. The number of hydrogen-bond donors (Lipinski definition) is 0. The van der Waals surface area contributed by atoms with Gasteiger partial charge in [0.2, 0.25) is 0 Å². The van der Waals surface area contributed by atoms with Crippen LogP contribution in [0.2, 0.25) is 0 Å². The molecule has 0 spiro atoms. The first-order chi connectivity index (χ1) is 5.22. The minimum absolute atomic E-state index is 0.104. The van der Waals surface area contributed by atoms with Crippen LogP contribution in [-0.2, 0) is 0 Å². The predicted molar refractivity (Wildman–Crippen MR) is 42.2 cm³/mol. The summed E-state index contributed by atoms with van der Waals surface area (Å²) >= 11 is 1.33. The molecule has 0 N–H and O–H groups in total. The second kappa shape index (κ2) is 3.44. The zero-order valence-corrected chi connectivity index (χ0v) is 7.18. The third kappa shape index (κ3) is 2.28. The maximum absolute atomic E-state index is 8.46. The monoisotopic (exact) mass is 168 g/mol. The van der Waals surface area contributed by atoms with Gasteiger partial charge in [0.1, 0.15) is 6.26 Å². The summed E-state index contributed by atoms with van der Waals surface area (Å²) in [4.78, 5) is 4.04. The summed E-state index contributed by atoms with van der Waals surface area (Å²) in [7, 11) is 0. The van der Waals surface area contributed by atoms with Crippen molar-refractivity contribution in [1.29, 1.82) is 5.26 Å². The van der Waals surface area contributed by atoms with Crippen molar-refractivity contribution < 1.29 is 4.42 Å². The Kier molecular flexibility index (Phi) is 2.55. The van der Waals surface area contributed by atoms with Crippen molar-refractivity contribution in [3.8, 4) is 6.07 Å². The SMILES string of the molecule is Cc1coc(SC(C)C#N)n1. The summed E-state index contributed by atoms with van der Waals surface area (Å²) in [5.41, 5.74) is 0.845. The van der Waals surface area contributed by atoms with Gasteiger partial charge in [0, 0.05) is 0 Å². The van der Waals surface area contributed by atoms with E-state index in [1.165, 1.54) is 11.8 Å². The highest BCUT2D eigenvalue weighted by Crippen LogP contribution is 2.21. The van der Waals surface area contributed by atoms with E-state index in [0.717, 1.165) is 5.69 Å². The third-order valence-corrected chi connectivity index (χ3v) is 1.91. The van der Waals surface area contributed by atoms with E-state index in [2.05, 4.69) is 11.1 Å². The van der Waals surface area contributed by atoms with Gasteiger partial charge in [0.15, 0.2) is 0 Å². The quantitative estimate of drug-likeness (QED) is 0.633. The summed E-state index contributed by atoms with van der Waals surface area (Å²) in [5.74, 6) is 0. The van der Waals surface area contributed by atoms with Crippen molar-refractivity contribution in [2.24, 2.45) is 0 Å². The number of oxazole rings is 1. The standard InChI is InChI=1S/C7H8N2OS/c1-5-4-10-7(9-5)11-6(2)3-8/h4,6H,1-2H3. The molecule has 58 valence electrons. The van der Waals surface area contributed by atoms with Gasteiger partial charge in [-0.1, -0.05) is 0 Å². The minimum atomic E-state index is -0.104. The van der Waals surface area contributed by atoms with Crippen molar-refractivity contribution in [2.45, 2.75) is 24.3 Å². The fraction of sp³-hybridized carbons (Fsp3) is 0.429. The zero-order chi connectivity index (χ0) is 8.27. The molecule has 1 heterocycles. The summed E-state index contributed by atoms with van der Waals surface area (Å²) in [6, 6.07) is 2.09. The van der Waals surface area contributed by atoms with E-state index in [9.17, 15) is 0 Å². The van der Waals surface area contributed by atoms with Crippen LogP contribution in [0.3, 0.4) is 0 Å². The lowest BCUT2D eigenvalue weighted by Crippen LogP contribution is -1.88. The zero-order valence-electron chi connectivity index (χ0n) is 6.37. The Hall–Kier alpha value is -0.950. The van der Waals surface area contributed by atoms with Crippen molar-refractivity contribution >= 4 is 11.8 Å². The van der Waals surface area contributed by atoms with Crippen LogP contribution in [0.5, 0.6) is 0 Å². The van der Waals surface area contributed by atoms with Crippen LogP contribution in [0.25, 0.3) is 0 Å². The van der Waals surface area contributed by atoms with Gasteiger partial charge in [-0.05, 0) is 25.6 Å². The topological polar surface area (TPSA) is 49.8 Å². The summed E-state index contributed by atoms with van der Waals surface area (Å²) in [6.07, 6.45) is 1.58. The molecule has 1 aromatic rings. The lowest BCUT2D eigenvalue weighted by Gasteiger charge is -1.93. The molecule has 3 nitrogen and oxygen atoms in total. The van der Waals surface area contributed by atoms with E-state index in [1.807, 2.05) is 13.8 Å². The largest absolute Gasteiger partial charge is 0.440 e. The molecule has 0 saturated carbocycles. The van der Waals surface area contributed by atoms with Crippen LogP contribution in [0.1, 0.15) is 12.6 Å². The molecule has 0 saturated heterocycles. The number of aryl methyl sites for hydroxylation is 1. The van der Waals surface area contributed by atoms with E-state index in [-0.39, 0.29) is 5.25 Å². The van der Waals surface area contributed by atoms with Crippen molar-refractivity contribution in [1.82, 2.24) is 4.98 Å². The van der Waals surface area contributed by atoms with E-state index in [1.54, 1.807) is 6.26 Å². The number of aromatic nitrogens is 1. The number of nitrogens with zero attached hydrogens (tertiary/aromatic N) is 2. The van der Waals surface area contributed by atoms with Gasteiger partial charge in [-0.15, -0.1) is 0 Å². The van der Waals surface area contributed by atoms with Gasteiger partial charge in [-0.2, -0.15) is 5.26 Å². The van der Waals surface area contributed by atoms with Crippen LogP contribution in [0.4, 0.5) is 0 Å². The van der Waals surface area contributed by atoms with Crippen LogP contribution >= 0.6 is 11.8 Å². The van der Waals surface area contributed by atoms with Gasteiger partial charge in [-0.3, -0.25) is 0 Å². The number of rotatable bonds is 2. The molecular weight excluding hydrogens is 160 g/mol. The molecule has 0 radical (unpaired) electrons. The average molecular weight is 168 g/mol. The molecule has 0 aliphatic rings.